The second-order valence-electron chi connectivity index (χ2n) is 5.66. The average molecular weight is 448 g/mol. The minimum Gasteiger partial charge on any atom is -0.355 e. The van der Waals surface area contributed by atoms with E-state index in [2.05, 4.69) is 21.2 Å². The molecule has 0 aliphatic carbocycles. The second kappa shape index (κ2) is 8.39. The van der Waals surface area contributed by atoms with Gasteiger partial charge >= 0.3 is 13.3 Å². The van der Waals surface area contributed by atoms with E-state index in [1.165, 1.54) is 12.1 Å². The maximum atomic E-state index is 13.8. The Labute approximate surface area is 157 Å². The van der Waals surface area contributed by atoms with E-state index in [-0.39, 0.29) is 16.8 Å². The molecule has 0 aromatic heterocycles. The molecule has 0 saturated carbocycles. The first kappa shape index (κ1) is 20.7. The SMILES string of the molecule is O=C(Cc1ccc(C(F)(F)P(=O)(O)O)c(Br)c1)NCCc1ccccc1. The largest absolute Gasteiger partial charge is 0.399 e. The van der Waals surface area contributed by atoms with Crippen molar-refractivity contribution in [2.24, 2.45) is 0 Å². The fourth-order valence-electron chi connectivity index (χ4n) is 2.31. The van der Waals surface area contributed by atoms with Crippen LogP contribution in [0, 0.1) is 0 Å². The van der Waals surface area contributed by atoms with Crippen LogP contribution >= 0.6 is 23.5 Å². The standard InChI is InChI=1S/C17H17BrF2NO4P/c18-15-10-13(6-7-14(15)17(19,20)26(23,24)25)11-16(22)21-9-8-12-4-2-1-3-5-12/h1-7,10H,8-9,11H2,(H,21,22)(H2,23,24,25). The van der Waals surface area contributed by atoms with Gasteiger partial charge in [0.1, 0.15) is 0 Å². The van der Waals surface area contributed by atoms with Gasteiger partial charge in [-0.25, -0.2) is 0 Å². The molecule has 0 fully saturated rings. The van der Waals surface area contributed by atoms with E-state index in [1.807, 2.05) is 30.3 Å². The van der Waals surface area contributed by atoms with E-state index in [0.29, 0.717) is 18.5 Å². The third-order valence-electron chi connectivity index (χ3n) is 3.67. The monoisotopic (exact) mass is 447 g/mol. The maximum Gasteiger partial charge on any atom is 0.399 e. The molecule has 140 valence electrons. The molecule has 0 aliphatic heterocycles. The average Bonchev–Trinajstić information content (AvgIpc) is 2.54. The molecule has 2 rings (SSSR count). The van der Waals surface area contributed by atoms with Gasteiger partial charge < -0.3 is 15.1 Å². The van der Waals surface area contributed by atoms with Gasteiger partial charge in [0.05, 0.1) is 6.42 Å². The lowest BCUT2D eigenvalue weighted by Gasteiger charge is -2.19. The number of alkyl halides is 2. The molecule has 0 unspecified atom stereocenters. The van der Waals surface area contributed by atoms with Crippen molar-refractivity contribution in [1.29, 1.82) is 0 Å². The number of halogens is 3. The topological polar surface area (TPSA) is 86.6 Å². The summed E-state index contributed by atoms with van der Waals surface area (Å²) in [6, 6.07) is 13.0. The quantitative estimate of drug-likeness (QED) is 0.566. The van der Waals surface area contributed by atoms with Gasteiger partial charge in [-0.05, 0) is 23.6 Å². The van der Waals surface area contributed by atoms with Gasteiger partial charge in [0.15, 0.2) is 0 Å². The number of benzene rings is 2. The fourth-order valence-corrected chi connectivity index (χ4v) is 3.65. The summed E-state index contributed by atoms with van der Waals surface area (Å²) in [6.07, 6.45) is 0.638. The summed E-state index contributed by atoms with van der Waals surface area (Å²) in [5.74, 6) is -0.276. The molecule has 0 atom stereocenters. The molecule has 0 aliphatic rings. The molecule has 2 aromatic carbocycles. The fraction of sp³-hybridized carbons (Fsp3) is 0.235. The summed E-state index contributed by atoms with van der Waals surface area (Å²) >= 11 is 2.89. The zero-order valence-corrected chi connectivity index (χ0v) is 16.0. The first-order valence-electron chi connectivity index (χ1n) is 7.64. The van der Waals surface area contributed by atoms with Crippen molar-refractivity contribution in [2.45, 2.75) is 18.5 Å². The van der Waals surface area contributed by atoms with Crippen molar-refractivity contribution in [1.82, 2.24) is 5.32 Å². The zero-order chi connectivity index (χ0) is 19.4. The lowest BCUT2D eigenvalue weighted by atomic mass is 10.1. The van der Waals surface area contributed by atoms with Crippen molar-refractivity contribution < 1.29 is 27.9 Å². The Morgan fingerprint density at radius 3 is 2.35 bits per heavy atom. The highest BCUT2D eigenvalue weighted by Crippen LogP contribution is 2.60. The number of hydrogen-bond donors (Lipinski definition) is 3. The molecule has 3 N–H and O–H groups in total. The van der Waals surface area contributed by atoms with Crippen LogP contribution < -0.4 is 5.32 Å². The Kier molecular flexibility index (Phi) is 6.69. The first-order valence-corrected chi connectivity index (χ1v) is 10.0. The predicted octanol–water partition coefficient (Wildman–Crippen LogP) is 3.58. The lowest BCUT2D eigenvalue weighted by Crippen LogP contribution is -2.27. The van der Waals surface area contributed by atoms with Crippen LogP contribution in [0.25, 0.3) is 0 Å². The molecule has 2 aromatic rings. The first-order chi connectivity index (χ1) is 12.1. The normalized spacial score (nSPS) is 12.0. The smallest absolute Gasteiger partial charge is 0.355 e. The van der Waals surface area contributed by atoms with Gasteiger partial charge in [-0.2, -0.15) is 8.78 Å². The Morgan fingerprint density at radius 1 is 1.12 bits per heavy atom. The second-order valence-corrected chi connectivity index (χ2v) is 8.17. The third-order valence-corrected chi connectivity index (χ3v) is 5.30. The minimum absolute atomic E-state index is 0.0326. The third kappa shape index (κ3) is 5.20. The molecule has 0 bridgehead atoms. The number of amides is 1. The van der Waals surface area contributed by atoms with E-state index >= 15 is 0 Å². The van der Waals surface area contributed by atoms with Crippen LogP contribution in [0.5, 0.6) is 0 Å². The molecule has 0 spiro atoms. The minimum atomic E-state index is -5.65. The molecule has 1 amide bonds. The zero-order valence-electron chi connectivity index (χ0n) is 13.5. The van der Waals surface area contributed by atoms with Crippen molar-refractivity contribution in [3.05, 3.63) is 69.7 Å². The van der Waals surface area contributed by atoms with Crippen LogP contribution in [0.15, 0.2) is 53.0 Å². The summed E-state index contributed by atoms with van der Waals surface area (Å²) in [7, 11) is -5.65. The van der Waals surface area contributed by atoms with E-state index in [9.17, 15) is 18.1 Å². The molecule has 26 heavy (non-hydrogen) atoms. The molecule has 0 heterocycles. The Hall–Kier alpha value is -1.60. The van der Waals surface area contributed by atoms with Gasteiger partial charge in [-0.1, -0.05) is 58.4 Å². The summed E-state index contributed by atoms with van der Waals surface area (Å²) < 4.78 is 38.3. The van der Waals surface area contributed by atoms with Crippen molar-refractivity contribution in [3.63, 3.8) is 0 Å². The highest BCUT2D eigenvalue weighted by atomic mass is 79.9. The van der Waals surface area contributed by atoms with Crippen LogP contribution in [0.4, 0.5) is 8.78 Å². The summed E-state index contributed by atoms with van der Waals surface area (Å²) in [5.41, 5.74) is -3.60. The van der Waals surface area contributed by atoms with Crippen LogP contribution in [-0.2, 0) is 27.9 Å². The van der Waals surface area contributed by atoms with Gasteiger partial charge in [-0.3, -0.25) is 9.36 Å². The van der Waals surface area contributed by atoms with Crippen LogP contribution in [0.3, 0.4) is 0 Å². The molecule has 0 radical (unpaired) electrons. The molecular formula is C17H17BrF2NO4P. The van der Waals surface area contributed by atoms with Gasteiger partial charge in [0.2, 0.25) is 5.91 Å². The lowest BCUT2D eigenvalue weighted by molar-refractivity contribution is -0.120. The molecule has 5 nitrogen and oxygen atoms in total. The van der Waals surface area contributed by atoms with Crippen molar-refractivity contribution in [3.8, 4) is 0 Å². The maximum absolute atomic E-state index is 13.8. The van der Waals surface area contributed by atoms with E-state index < -0.39 is 18.8 Å². The highest BCUT2D eigenvalue weighted by Gasteiger charge is 2.51. The number of hydrogen-bond acceptors (Lipinski definition) is 2. The Morgan fingerprint density at radius 2 is 1.77 bits per heavy atom. The number of rotatable bonds is 7. The van der Waals surface area contributed by atoms with E-state index in [0.717, 1.165) is 11.6 Å². The predicted molar refractivity (Wildman–Crippen MR) is 96.9 cm³/mol. The summed E-state index contributed by atoms with van der Waals surface area (Å²) in [6.45, 7) is 0.443. The van der Waals surface area contributed by atoms with Crippen molar-refractivity contribution in [2.75, 3.05) is 6.54 Å². The van der Waals surface area contributed by atoms with Crippen LogP contribution in [0.1, 0.15) is 16.7 Å². The van der Waals surface area contributed by atoms with Gasteiger partial charge in [-0.15, -0.1) is 0 Å². The van der Waals surface area contributed by atoms with Crippen LogP contribution in [0.2, 0.25) is 0 Å². The Balaban J connectivity index is 1.97. The Bertz CT molecular complexity index is 827. The molecule has 9 heteroatoms. The number of nitrogens with one attached hydrogen (secondary N) is 1. The van der Waals surface area contributed by atoms with Gasteiger partial charge in [0.25, 0.3) is 0 Å². The summed E-state index contributed by atoms with van der Waals surface area (Å²) in [5, 5.41) is 2.74. The van der Waals surface area contributed by atoms with E-state index in [4.69, 9.17) is 9.79 Å². The van der Waals surface area contributed by atoms with Gasteiger partial charge in [0, 0.05) is 16.6 Å². The molecular weight excluding hydrogens is 431 g/mol. The number of carbonyl (C=O) groups excluding carboxylic acids is 1. The van der Waals surface area contributed by atoms with Crippen LogP contribution in [-0.4, -0.2) is 22.2 Å². The van der Waals surface area contributed by atoms with Crippen molar-refractivity contribution >= 4 is 29.4 Å². The highest BCUT2D eigenvalue weighted by molar-refractivity contribution is 9.10. The van der Waals surface area contributed by atoms with E-state index in [1.54, 1.807) is 0 Å². The number of carbonyl (C=O) groups is 1. The molecule has 0 saturated heterocycles. The summed E-state index contributed by atoms with van der Waals surface area (Å²) in [4.78, 5) is 29.6.